The lowest BCUT2D eigenvalue weighted by atomic mass is 10.2. The van der Waals surface area contributed by atoms with Crippen molar-refractivity contribution in [3.8, 4) is 0 Å². The summed E-state index contributed by atoms with van der Waals surface area (Å²) in [5, 5.41) is 9.99. The largest absolute Gasteiger partial charge is 0.464 e. The van der Waals surface area contributed by atoms with Gasteiger partial charge in [-0.15, -0.1) is 0 Å². The molecule has 0 aliphatic carbocycles. The number of hydrogen-bond acceptors (Lipinski definition) is 1. The first-order chi connectivity index (χ1) is 8.59. The number of amides is 1. The molecule has 0 atom stereocenters. The molecule has 18 heavy (non-hydrogen) atoms. The fraction of sp³-hybridized carbons (Fsp3) is 0. The standard InChI is InChI=1S/C13H9Cl2NO2/c14-11-7-6-10(8-12(11)15)16(13(17)18)9-4-2-1-3-5-9/h1-8H,(H,17,18). The third kappa shape index (κ3) is 2.58. The van der Waals surface area contributed by atoms with Gasteiger partial charge in [-0.2, -0.15) is 0 Å². The van der Waals surface area contributed by atoms with Crippen LogP contribution in [0.1, 0.15) is 0 Å². The minimum Gasteiger partial charge on any atom is -0.464 e. The predicted octanol–water partition coefficient (Wildman–Crippen LogP) is 4.81. The molecule has 0 saturated carbocycles. The molecule has 5 heteroatoms. The first-order valence-electron chi connectivity index (χ1n) is 5.13. The Labute approximate surface area is 114 Å². The number of hydrogen-bond donors (Lipinski definition) is 1. The first-order valence-corrected chi connectivity index (χ1v) is 5.88. The molecule has 1 amide bonds. The van der Waals surface area contributed by atoms with Gasteiger partial charge in [-0.25, -0.2) is 9.69 Å². The van der Waals surface area contributed by atoms with Crippen molar-refractivity contribution in [2.75, 3.05) is 4.90 Å². The number of nitrogens with zero attached hydrogens (tertiary/aromatic N) is 1. The van der Waals surface area contributed by atoms with Crippen molar-refractivity contribution in [1.82, 2.24) is 0 Å². The summed E-state index contributed by atoms with van der Waals surface area (Å²) in [7, 11) is 0. The molecule has 0 aliphatic rings. The van der Waals surface area contributed by atoms with Crippen molar-refractivity contribution < 1.29 is 9.90 Å². The second-order valence-electron chi connectivity index (χ2n) is 3.55. The van der Waals surface area contributed by atoms with Gasteiger partial charge >= 0.3 is 6.09 Å². The minimum atomic E-state index is -1.08. The van der Waals surface area contributed by atoms with E-state index in [2.05, 4.69) is 0 Å². The Morgan fingerprint density at radius 2 is 1.61 bits per heavy atom. The van der Waals surface area contributed by atoms with Gasteiger partial charge in [0.1, 0.15) is 0 Å². The summed E-state index contributed by atoms with van der Waals surface area (Å²) >= 11 is 11.7. The molecule has 2 rings (SSSR count). The Morgan fingerprint density at radius 3 is 2.17 bits per heavy atom. The molecule has 0 heterocycles. The highest BCUT2D eigenvalue weighted by atomic mass is 35.5. The lowest BCUT2D eigenvalue weighted by Crippen LogP contribution is -2.23. The lowest BCUT2D eigenvalue weighted by Gasteiger charge is -2.19. The van der Waals surface area contributed by atoms with E-state index in [1.807, 2.05) is 6.07 Å². The summed E-state index contributed by atoms with van der Waals surface area (Å²) in [5.74, 6) is 0. The van der Waals surface area contributed by atoms with E-state index in [4.69, 9.17) is 23.2 Å². The zero-order chi connectivity index (χ0) is 13.1. The van der Waals surface area contributed by atoms with Crippen molar-refractivity contribution in [3.05, 3.63) is 58.6 Å². The molecule has 1 N–H and O–H groups in total. The average molecular weight is 282 g/mol. The van der Waals surface area contributed by atoms with E-state index in [1.165, 1.54) is 6.07 Å². The third-order valence-corrected chi connectivity index (χ3v) is 3.11. The molecule has 0 aromatic heterocycles. The van der Waals surface area contributed by atoms with Crippen molar-refractivity contribution in [1.29, 1.82) is 0 Å². The van der Waals surface area contributed by atoms with Crippen molar-refractivity contribution in [3.63, 3.8) is 0 Å². The van der Waals surface area contributed by atoms with E-state index in [9.17, 15) is 9.90 Å². The van der Waals surface area contributed by atoms with Crippen LogP contribution in [-0.4, -0.2) is 11.2 Å². The molecular weight excluding hydrogens is 273 g/mol. The maximum atomic E-state index is 11.3. The normalized spacial score (nSPS) is 10.1. The molecule has 0 aliphatic heterocycles. The Hall–Kier alpha value is -1.71. The predicted molar refractivity (Wildman–Crippen MR) is 73.1 cm³/mol. The lowest BCUT2D eigenvalue weighted by molar-refractivity contribution is 0.205. The Kier molecular flexibility index (Phi) is 3.75. The van der Waals surface area contributed by atoms with Crippen LogP contribution in [0.25, 0.3) is 0 Å². The SMILES string of the molecule is O=C(O)N(c1ccccc1)c1ccc(Cl)c(Cl)c1. The number of halogens is 2. The maximum Gasteiger partial charge on any atom is 0.416 e. The van der Waals surface area contributed by atoms with Crippen LogP contribution >= 0.6 is 23.2 Å². The highest BCUT2D eigenvalue weighted by molar-refractivity contribution is 6.42. The van der Waals surface area contributed by atoms with Gasteiger partial charge in [0.2, 0.25) is 0 Å². The summed E-state index contributed by atoms with van der Waals surface area (Å²) in [5.41, 5.74) is 0.992. The van der Waals surface area contributed by atoms with Crippen LogP contribution < -0.4 is 4.90 Å². The number of benzene rings is 2. The van der Waals surface area contributed by atoms with Crippen LogP contribution in [-0.2, 0) is 0 Å². The van der Waals surface area contributed by atoms with E-state index in [1.54, 1.807) is 36.4 Å². The molecule has 0 radical (unpaired) electrons. The zero-order valence-electron chi connectivity index (χ0n) is 9.18. The summed E-state index contributed by atoms with van der Waals surface area (Å²) in [6, 6.07) is 13.5. The van der Waals surface area contributed by atoms with E-state index in [0.29, 0.717) is 21.4 Å². The number of anilines is 2. The van der Waals surface area contributed by atoms with Crippen LogP contribution in [0.4, 0.5) is 16.2 Å². The Balaban J connectivity index is 2.49. The Morgan fingerprint density at radius 1 is 0.944 bits per heavy atom. The third-order valence-electron chi connectivity index (χ3n) is 2.37. The van der Waals surface area contributed by atoms with E-state index in [-0.39, 0.29) is 0 Å². The number of carboxylic acid groups (broad SMARTS) is 1. The smallest absolute Gasteiger partial charge is 0.416 e. The zero-order valence-corrected chi connectivity index (χ0v) is 10.7. The number of carbonyl (C=O) groups is 1. The fourth-order valence-corrected chi connectivity index (χ4v) is 1.86. The molecule has 0 fully saturated rings. The molecular formula is C13H9Cl2NO2. The number of para-hydroxylation sites is 1. The minimum absolute atomic E-state index is 0.316. The summed E-state index contributed by atoms with van der Waals surface area (Å²) in [6.07, 6.45) is -1.08. The van der Waals surface area contributed by atoms with Crippen LogP contribution in [0, 0.1) is 0 Å². The second kappa shape index (κ2) is 5.29. The van der Waals surface area contributed by atoms with Crippen molar-refractivity contribution in [2.24, 2.45) is 0 Å². The van der Waals surface area contributed by atoms with Crippen LogP contribution in [0.15, 0.2) is 48.5 Å². The summed E-state index contributed by atoms with van der Waals surface area (Å²) in [4.78, 5) is 12.5. The average Bonchev–Trinajstić information content (AvgIpc) is 2.35. The maximum absolute atomic E-state index is 11.3. The van der Waals surface area contributed by atoms with Crippen LogP contribution in [0.3, 0.4) is 0 Å². The summed E-state index contributed by atoms with van der Waals surface area (Å²) < 4.78 is 0. The molecule has 2 aromatic rings. The van der Waals surface area contributed by atoms with Crippen LogP contribution in [0.2, 0.25) is 10.0 Å². The van der Waals surface area contributed by atoms with Gasteiger partial charge in [0.05, 0.1) is 21.4 Å². The monoisotopic (exact) mass is 281 g/mol. The molecule has 0 saturated heterocycles. The topological polar surface area (TPSA) is 40.5 Å². The fourth-order valence-electron chi connectivity index (χ4n) is 1.57. The van der Waals surface area contributed by atoms with Gasteiger partial charge in [-0.1, -0.05) is 41.4 Å². The molecule has 0 bridgehead atoms. The molecule has 2 aromatic carbocycles. The van der Waals surface area contributed by atoms with Crippen molar-refractivity contribution in [2.45, 2.75) is 0 Å². The van der Waals surface area contributed by atoms with E-state index in [0.717, 1.165) is 4.90 Å². The Bertz CT molecular complexity index is 572. The molecule has 92 valence electrons. The molecule has 0 spiro atoms. The second-order valence-corrected chi connectivity index (χ2v) is 4.37. The molecule has 0 unspecified atom stereocenters. The van der Waals surface area contributed by atoms with Gasteiger partial charge in [0, 0.05) is 0 Å². The van der Waals surface area contributed by atoms with E-state index >= 15 is 0 Å². The highest BCUT2D eigenvalue weighted by Gasteiger charge is 2.17. The van der Waals surface area contributed by atoms with Gasteiger partial charge in [0.25, 0.3) is 0 Å². The van der Waals surface area contributed by atoms with Gasteiger partial charge in [0.15, 0.2) is 0 Å². The molecule has 3 nitrogen and oxygen atoms in total. The highest BCUT2D eigenvalue weighted by Crippen LogP contribution is 2.31. The van der Waals surface area contributed by atoms with Gasteiger partial charge in [-0.05, 0) is 30.3 Å². The summed E-state index contributed by atoms with van der Waals surface area (Å²) in [6.45, 7) is 0. The van der Waals surface area contributed by atoms with Crippen LogP contribution in [0.5, 0.6) is 0 Å². The van der Waals surface area contributed by atoms with Crippen molar-refractivity contribution >= 4 is 40.7 Å². The number of rotatable bonds is 2. The van der Waals surface area contributed by atoms with Gasteiger partial charge in [-0.3, -0.25) is 0 Å². The first kappa shape index (κ1) is 12.7. The van der Waals surface area contributed by atoms with Gasteiger partial charge < -0.3 is 5.11 Å². The van der Waals surface area contributed by atoms with E-state index < -0.39 is 6.09 Å². The quantitative estimate of drug-likeness (QED) is 0.858.